The quantitative estimate of drug-likeness (QED) is 0.911. The fourth-order valence-corrected chi connectivity index (χ4v) is 2.11. The number of hydrogen-bond donors (Lipinski definition) is 2. The minimum Gasteiger partial charge on any atom is -0.382 e. The molecule has 1 aromatic heterocycles. The molecular weight excluding hydrogens is 306 g/mol. The van der Waals surface area contributed by atoms with Gasteiger partial charge in [0.05, 0.1) is 5.69 Å². The summed E-state index contributed by atoms with van der Waals surface area (Å²) in [6.45, 7) is 3.96. The SMILES string of the molecule is CC(C)Nc1nn(-c2cccc(Br)c2)c(N)c1C#N. The predicted octanol–water partition coefficient (Wildman–Crippen LogP) is 2.91. The molecule has 0 saturated heterocycles. The number of aromatic nitrogens is 2. The third kappa shape index (κ3) is 2.71. The molecule has 6 heteroatoms. The summed E-state index contributed by atoms with van der Waals surface area (Å²) >= 11 is 3.40. The van der Waals surface area contributed by atoms with Gasteiger partial charge in [0.15, 0.2) is 5.82 Å². The highest BCUT2D eigenvalue weighted by Crippen LogP contribution is 2.25. The lowest BCUT2D eigenvalue weighted by Crippen LogP contribution is -2.11. The third-order valence-electron chi connectivity index (χ3n) is 2.51. The maximum atomic E-state index is 9.19. The van der Waals surface area contributed by atoms with Crippen LogP contribution in [0.5, 0.6) is 0 Å². The summed E-state index contributed by atoms with van der Waals surface area (Å²) in [6, 6.07) is 9.85. The molecule has 0 saturated carbocycles. The number of rotatable bonds is 3. The molecule has 0 atom stereocenters. The molecule has 2 aromatic rings. The molecule has 1 heterocycles. The molecule has 0 amide bonds. The van der Waals surface area contributed by atoms with E-state index in [1.807, 2.05) is 38.1 Å². The second-order valence-electron chi connectivity index (χ2n) is 4.41. The van der Waals surface area contributed by atoms with E-state index in [9.17, 15) is 5.26 Å². The predicted molar refractivity (Wildman–Crippen MR) is 79.2 cm³/mol. The molecule has 0 fully saturated rings. The molecule has 0 aliphatic carbocycles. The van der Waals surface area contributed by atoms with Crippen molar-refractivity contribution < 1.29 is 0 Å². The third-order valence-corrected chi connectivity index (χ3v) is 3.00. The van der Waals surface area contributed by atoms with E-state index in [-0.39, 0.29) is 6.04 Å². The van der Waals surface area contributed by atoms with Gasteiger partial charge in [-0.1, -0.05) is 22.0 Å². The second-order valence-corrected chi connectivity index (χ2v) is 5.33. The first kappa shape index (κ1) is 13.4. The Hall–Kier alpha value is -2.00. The molecule has 98 valence electrons. The van der Waals surface area contributed by atoms with Crippen LogP contribution in [-0.4, -0.2) is 15.8 Å². The van der Waals surface area contributed by atoms with E-state index in [0.29, 0.717) is 17.2 Å². The Morgan fingerprint density at radius 2 is 2.21 bits per heavy atom. The van der Waals surface area contributed by atoms with E-state index in [1.165, 1.54) is 0 Å². The highest BCUT2D eigenvalue weighted by atomic mass is 79.9. The molecule has 0 bridgehead atoms. The molecule has 0 spiro atoms. The molecule has 0 unspecified atom stereocenters. The van der Waals surface area contributed by atoms with Gasteiger partial charge in [0.25, 0.3) is 0 Å². The lowest BCUT2D eigenvalue weighted by atomic mass is 10.3. The van der Waals surface area contributed by atoms with Crippen LogP contribution in [0, 0.1) is 11.3 Å². The van der Waals surface area contributed by atoms with Crippen molar-refractivity contribution in [3.05, 3.63) is 34.3 Å². The summed E-state index contributed by atoms with van der Waals surface area (Å²) in [5.74, 6) is 0.846. The number of nitrogens with zero attached hydrogens (tertiary/aromatic N) is 3. The number of nitrogen functional groups attached to an aromatic ring is 1. The number of nitrogens with one attached hydrogen (secondary N) is 1. The molecule has 0 radical (unpaired) electrons. The first-order chi connectivity index (χ1) is 9.02. The van der Waals surface area contributed by atoms with Crippen LogP contribution in [0.25, 0.3) is 5.69 Å². The van der Waals surface area contributed by atoms with E-state index in [1.54, 1.807) is 4.68 Å². The number of halogens is 1. The average molecular weight is 320 g/mol. The normalized spacial score (nSPS) is 10.5. The molecular formula is C13H14BrN5. The first-order valence-electron chi connectivity index (χ1n) is 5.84. The van der Waals surface area contributed by atoms with Gasteiger partial charge in [-0.25, -0.2) is 4.68 Å². The Morgan fingerprint density at radius 1 is 1.47 bits per heavy atom. The Bertz CT molecular complexity index is 639. The summed E-state index contributed by atoms with van der Waals surface area (Å²) in [6.07, 6.45) is 0. The van der Waals surface area contributed by atoms with Gasteiger partial charge in [-0.15, -0.1) is 5.10 Å². The zero-order chi connectivity index (χ0) is 14.0. The van der Waals surface area contributed by atoms with Crippen molar-refractivity contribution >= 4 is 27.6 Å². The summed E-state index contributed by atoms with van der Waals surface area (Å²) in [5, 5.41) is 16.7. The number of nitrogens with two attached hydrogens (primary N) is 1. The number of hydrogen-bond acceptors (Lipinski definition) is 4. The summed E-state index contributed by atoms with van der Waals surface area (Å²) in [7, 11) is 0. The molecule has 0 aliphatic heterocycles. The zero-order valence-corrected chi connectivity index (χ0v) is 12.3. The van der Waals surface area contributed by atoms with Crippen LogP contribution in [0.4, 0.5) is 11.6 Å². The Labute approximate surface area is 120 Å². The topological polar surface area (TPSA) is 79.7 Å². The van der Waals surface area contributed by atoms with Crippen LogP contribution in [-0.2, 0) is 0 Å². The van der Waals surface area contributed by atoms with Crippen molar-refractivity contribution in [3.8, 4) is 11.8 Å². The number of benzene rings is 1. The van der Waals surface area contributed by atoms with E-state index in [4.69, 9.17) is 5.73 Å². The van der Waals surface area contributed by atoms with E-state index in [2.05, 4.69) is 32.4 Å². The highest BCUT2D eigenvalue weighted by Gasteiger charge is 2.17. The number of nitriles is 1. The lowest BCUT2D eigenvalue weighted by Gasteiger charge is -2.06. The maximum Gasteiger partial charge on any atom is 0.168 e. The van der Waals surface area contributed by atoms with Crippen molar-refractivity contribution in [2.75, 3.05) is 11.1 Å². The smallest absolute Gasteiger partial charge is 0.168 e. The summed E-state index contributed by atoms with van der Waals surface area (Å²) in [5.41, 5.74) is 7.17. The van der Waals surface area contributed by atoms with Gasteiger partial charge in [-0.05, 0) is 32.0 Å². The van der Waals surface area contributed by atoms with Gasteiger partial charge in [0, 0.05) is 10.5 Å². The lowest BCUT2D eigenvalue weighted by molar-refractivity contribution is 0.850. The van der Waals surface area contributed by atoms with Crippen LogP contribution in [0.1, 0.15) is 19.4 Å². The zero-order valence-electron chi connectivity index (χ0n) is 10.7. The Balaban J connectivity index is 2.54. The molecule has 1 aromatic carbocycles. The van der Waals surface area contributed by atoms with Gasteiger partial charge in [-0.3, -0.25) is 0 Å². The molecule has 5 nitrogen and oxygen atoms in total. The average Bonchev–Trinajstić information content (AvgIpc) is 2.65. The molecule has 2 rings (SSSR count). The van der Waals surface area contributed by atoms with E-state index in [0.717, 1.165) is 10.2 Å². The fourth-order valence-electron chi connectivity index (χ4n) is 1.72. The largest absolute Gasteiger partial charge is 0.382 e. The van der Waals surface area contributed by atoms with Crippen molar-refractivity contribution in [3.63, 3.8) is 0 Å². The fraction of sp³-hybridized carbons (Fsp3) is 0.231. The van der Waals surface area contributed by atoms with Gasteiger partial charge < -0.3 is 11.1 Å². The van der Waals surface area contributed by atoms with Crippen LogP contribution < -0.4 is 11.1 Å². The molecule has 19 heavy (non-hydrogen) atoms. The van der Waals surface area contributed by atoms with Crippen LogP contribution in [0.15, 0.2) is 28.7 Å². The van der Waals surface area contributed by atoms with E-state index >= 15 is 0 Å². The highest BCUT2D eigenvalue weighted by molar-refractivity contribution is 9.10. The Kier molecular flexibility index (Phi) is 3.76. The van der Waals surface area contributed by atoms with Crippen LogP contribution in [0.3, 0.4) is 0 Å². The summed E-state index contributed by atoms with van der Waals surface area (Å²) in [4.78, 5) is 0. The maximum absolute atomic E-state index is 9.19. The van der Waals surface area contributed by atoms with Crippen LogP contribution in [0.2, 0.25) is 0 Å². The van der Waals surface area contributed by atoms with Crippen molar-refractivity contribution in [1.29, 1.82) is 5.26 Å². The van der Waals surface area contributed by atoms with Gasteiger partial charge >= 0.3 is 0 Å². The van der Waals surface area contributed by atoms with Crippen molar-refractivity contribution in [1.82, 2.24) is 9.78 Å². The van der Waals surface area contributed by atoms with Crippen molar-refractivity contribution in [2.24, 2.45) is 0 Å². The number of anilines is 2. The first-order valence-corrected chi connectivity index (χ1v) is 6.63. The van der Waals surface area contributed by atoms with Gasteiger partial charge in [0.1, 0.15) is 17.5 Å². The minimum atomic E-state index is 0.178. The standard InChI is InChI=1S/C13H14BrN5/c1-8(2)17-13-11(7-15)12(16)19(18-13)10-5-3-4-9(14)6-10/h3-6,8H,16H2,1-2H3,(H,17,18). The summed E-state index contributed by atoms with van der Waals surface area (Å²) < 4.78 is 2.49. The van der Waals surface area contributed by atoms with Crippen LogP contribution >= 0.6 is 15.9 Å². The van der Waals surface area contributed by atoms with Gasteiger partial charge in [-0.2, -0.15) is 5.26 Å². The monoisotopic (exact) mass is 319 g/mol. The van der Waals surface area contributed by atoms with Gasteiger partial charge in [0.2, 0.25) is 0 Å². The van der Waals surface area contributed by atoms with Crippen molar-refractivity contribution in [2.45, 2.75) is 19.9 Å². The Morgan fingerprint density at radius 3 is 2.79 bits per heavy atom. The van der Waals surface area contributed by atoms with E-state index < -0.39 is 0 Å². The minimum absolute atomic E-state index is 0.178. The second kappa shape index (κ2) is 5.33. The molecule has 0 aliphatic rings. The molecule has 3 N–H and O–H groups in total.